The summed E-state index contributed by atoms with van der Waals surface area (Å²) in [6.45, 7) is 13.6. The number of halogens is 1. The van der Waals surface area contributed by atoms with Crippen molar-refractivity contribution in [3.05, 3.63) is 65.0 Å². The average Bonchev–Trinajstić information content (AvgIpc) is 3.15. The maximum atomic E-state index is 13.5. The Hall–Kier alpha value is -3.39. The van der Waals surface area contributed by atoms with Crippen LogP contribution in [0.4, 0.5) is 4.39 Å². The summed E-state index contributed by atoms with van der Waals surface area (Å²) in [6.07, 6.45) is 0.885. The number of hydrogen-bond acceptors (Lipinski definition) is 6. The van der Waals surface area contributed by atoms with E-state index in [1.165, 1.54) is 29.2 Å². The van der Waals surface area contributed by atoms with Crippen LogP contribution in [0.25, 0.3) is 5.76 Å². The van der Waals surface area contributed by atoms with Crippen LogP contribution < -0.4 is 9.47 Å². The van der Waals surface area contributed by atoms with Gasteiger partial charge in [0.1, 0.15) is 11.6 Å². The molecule has 1 amide bonds. The van der Waals surface area contributed by atoms with E-state index in [1.807, 2.05) is 20.8 Å². The zero-order valence-electron chi connectivity index (χ0n) is 23.0. The third-order valence-electron chi connectivity index (χ3n) is 6.75. The summed E-state index contributed by atoms with van der Waals surface area (Å²) in [6, 6.07) is 9.71. The molecule has 1 heterocycles. The molecule has 206 valence electrons. The molecule has 1 N–H and O–H groups in total. The van der Waals surface area contributed by atoms with Gasteiger partial charge in [0.25, 0.3) is 11.7 Å². The molecular formula is C30H39FN2O5. The van der Waals surface area contributed by atoms with E-state index < -0.39 is 23.5 Å². The first-order valence-electron chi connectivity index (χ1n) is 13.4. The second-order valence-electron chi connectivity index (χ2n) is 9.70. The number of nitrogens with zero attached hydrogens (tertiary/aromatic N) is 2. The van der Waals surface area contributed by atoms with Crippen molar-refractivity contribution in [3.63, 3.8) is 0 Å². The average molecular weight is 527 g/mol. The number of ketones is 1. The molecule has 1 saturated heterocycles. The minimum absolute atomic E-state index is 0.0305. The van der Waals surface area contributed by atoms with E-state index in [1.54, 1.807) is 18.2 Å². The number of carbonyl (C=O) groups is 2. The number of hydrogen-bond donors (Lipinski definition) is 1. The molecule has 1 aliphatic rings. The summed E-state index contributed by atoms with van der Waals surface area (Å²) in [5.41, 5.74) is 0.848. The fourth-order valence-corrected chi connectivity index (χ4v) is 4.50. The Balaban J connectivity index is 2.09. The molecule has 2 aromatic carbocycles. The van der Waals surface area contributed by atoms with Gasteiger partial charge in [0.2, 0.25) is 0 Å². The number of aliphatic hydroxyl groups excluding tert-OH is 1. The number of carbonyl (C=O) groups excluding carboxylic acids is 2. The number of benzene rings is 2. The van der Waals surface area contributed by atoms with Gasteiger partial charge in [0.15, 0.2) is 11.5 Å². The lowest BCUT2D eigenvalue weighted by Crippen LogP contribution is -2.38. The standard InChI is InChI=1S/C30H39FN2O5/c1-6-32(7-2)16-17-33-27(22-11-14-24(25(19-22)37-8-3)38-18-15-20(4)5)26(29(35)30(33)36)28(34)21-9-12-23(31)13-10-21/h9-14,19-20,27,34H,6-8,15-18H2,1-5H3. The molecule has 1 aliphatic heterocycles. The highest BCUT2D eigenvalue weighted by Crippen LogP contribution is 2.42. The van der Waals surface area contributed by atoms with Crippen LogP contribution in [0, 0.1) is 11.7 Å². The summed E-state index contributed by atoms with van der Waals surface area (Å²) in [5.74, 6) is -0.685. The zero-order chi connectivity index (χ0) is 27.8. The van der Waals surface area contributed by atoms with Crippen LogP contribution in [0.15, 0.2) is 48.0 Å². The van der Waals surface area contributed by atoms with Crippen molar-refractivity contribution < 1.29 is 28.6 Å². The van der Waals surface area contributed by atoms with Gasteiger partial charge in [-0.05, 0) is 74.3 Å². The molecule has 0 radical (unpaired) electrons. The molecule has 1 fully saturated rings. The Morgan fingerprint density at radius 3 is 2.32 bits per heavy atom. The zero-order valence-corrected chi connectivity index (χ0v) is 23.0. The molecule has 8 heteroatoms. The molecule has 38 heavy (non-hydrogen) atoms. The number of aliphatic hydroxyl groups is 1. The number of rotatable bonds is 13. The van der Waals surface area contributed by atoms with Crippen molar-refractivity contribution >= 4 is 17.4 Å². The highest BCUT2D eigenvalue weighted by atomic mass is 19.1. The first kappa shape index (κ1) is 29.2. The van der Waals surface area contributed by atoms with Gasteiger partial charge >= 0.3 is 0 Å². The van der Waals surface area contributed by atoms with Crippen molar-refractivity contribution in [1.82, 2.24) is 9.80 Å². The number of likely N-dealkylation sites (N-methyl/N-ethyl adjacent to an activating group) is 1. The Kier molecular flexibility index (Phi) is 10.3. The van der Waals surface area contributed by atoms with Crippen molar-refractivity contribution in [2.45, 2.75) is 47.1 Å². The molecule has 0 aliphatic carbocycles. The minimum Gasteiger partial charge on any atom is -0.507 e. The Bertz CT molecular complexity index is 1140. The van der Waals surface area contributed by atoms with Crippen LogP contribution in [0.3, 0.4) is 0 Å². The van der Waals surface area contributed by atoms with E-state index in [4.69, 9.17) is 9.47 Å². The lowest BCUT2D eigenvalue weighted by atomic mass is 9.95. The molecule has 1 unspecified atom stereocenters. The van der Waals surface area contributed by atoms with E-state index in [-0.39, 0.29) is 16.9 Å². The van der Waals surface area contributed by atoms with Crippen molar-refractivity contribution in [1.29, 1.82) is 0 Å². The second-order valence-corrected chi connectivity index (χ2v) is 9.70. The number of amides is 1. The largest absolute Gasteiger partial charge is 0.507 e. The normalized spacial score (nSPS) is 17.1. The molecule has 0 spiro atoms. The van der Waals surface area contributed by atoms with Crippen molar-refractivity contribution in [3.8, 4) is 11.5 Å². The minimum atomic E-state index is -0.834. The van der Waals surface area contributed by atoms with Gasteiger partial charge in [0.05, 0.1) is 24.8 Å². The third kappa shape index (κ3) is 6.72. The third-order valence-corrected chi connectivity index (χ3v) is 6.75. The van der Waals surface area contributed by atoms with Gasteiger partial charge in [-0.3, -0.25) is 9.59 Å². The fraction of sp³-hybridized carbons (Fsp3) is 0.467. The van der Waals surface area contributed by atoms with Gasteiger partial charge in [-0.2, -0.15) is 0 Å². The number of ether oxygens (including phenoxy) is 2. The summed E-state index contributed by atoms with van der Waals surface area (Å²) in [4.78, 5) is 30.2. The lowest BCUT2D eigenvalue weighted by molar-refractivity contribution is -0.140. The van der Waals surface area contributed by atoms with Crippen LogP contribution in [0.2, 0.25) is 0 Å². The lowest BCUT2D eigenvalue weighted by Gasteiger charge is -2.28. The van der Waals surface area contributed by atoms with Gasteiger partial charge in [0, 0.05) is 18.7 Å². The quantitative estimate of drug-likeness (QED) is 0.214. The first-order valence-corrected chi connectivity index (χ1v) is 13.4. The molecule has 0 bridgehead atoms. The molecule has 7 nitrogen and oxygen atoms in total. The van der Waals surface area contributed by atoms with Gasteiger partial charge in [-0.15, -0.1) is 0 Å². The topological polar surface area (TPSA) is 79.3 Å². The Morgan fingerprint density at radius 1 is 1.03 bits per heavy atom. The van der Waals surface area contributed by atoms with E-state index in [0.717, 1.165) is 19.5 Å². The molecule has 0 saturated carbocycles. The Morgan fingerprint density at radius 2 is 1.71 bits per heavy atom. The van der Waals surface area contributed by atoms with Gasteiger partial charge in [-0.1, -0.05) is 33.8 Å². The summed E-state index contributed by atoms with van der Waals surface area (Å²) >= 11 is 0. The van der Waals surface area contributed by atoms with E-state index in [2.05, 4.69) is 18.7 Å². The van der Waals surface area contributed by atoms with Crippen molar-refractivity contribution in [2.75, 3.05) is 39.4 Å². The predicted octanol–water partition coefficient (Wildman–Crippen LogP) is 5.41. The van der Waals surface area contributed by atoms with Gasteiger partial charge < -0.3 is 24.4 Å². The summed E-state index contributed by atoms with van der Waals surface area (Å²) in [7, 11) is 0. The smallest absolute Gasteiger partial charge is 0.295 e. The van der Waals surface area contributed by atoms with Crippen LogP contribution in [-0.4, -0.2) is 66.0 Å². The van der Waals surface area contributed by atoms with Crippen LogP contribution >= 0.6 is 0 Å². The fourth-order valence-electron chi connectivity index (χ4n) is 4.50. The summed E-state index contributed by atoms with van der Waals surface area (Å²) < 4.78 is 25.4. The molecule has 2 aromatic rings. The molecule has 1 atom stereocenters. The highest BCUT2D eigenvalue weighted by Gasteiger charge is 2.46. The van der Waals surface area contributed by atoms with E-state index >= 15 is 0 Å². The maximum absolute atomic E-state index is 13.5. The predicted molar refractivity (Wildman–Crippen MR) is 146 cm³/mol. The van der Waals surface area contributed by atoms with Crippen LogP contribution in [0.1, 0.15) is 58.2 Å². The maximum Gasteiger partial charge on any atom is 0.295 e. The highest BCUT2D eigenvalue weighted by molar-refractivity contribution is 6.46. The SMILES string of the molecule is CCOc1cc(C2C(=C(O)c3ccc(F)cc3)C(=O)C(=O)N2CCN(CC)CC)ccc1OCCC(C)C. The summed E-state index contributed by atoms with van der Waals surface area (Å²) in [5, 5.41) is 11.2. The number of Topliss-reactive ketones (excluding diaryl/α,β-unsaturated/α-hetero) is 1. The van der Waals surface area contributed by atoms with E-state index in [0.29, 0.717) is 49.3 Å². The van der Waals surface area contributed by atoms with E-state index in [9.17, 15) is 19.1 Å². The molecule has 0 aromatic heterocycles. The van der Waals surface area contributed by atoms with Crippen molar-refractivity contribution in [2.24, 2.45) is 5.92 Å². The van der Waals surface area contributed by atoms with Crippen LogP contribution in [0.5, 0.6) is 11.5 Å². The number of likely N-dealkylation sites (tertiary alicyclic amines) is 1. The first-order chi connectivity index (χ1) is 18.2. The second kappa shape index (κ2) is 13.4. The molecule has 3 rings (SSSR count). The monoisotopic (exact) mass is 526 g/mol. The van der Waals surface area contributed by atoms with Crippen LogP contribution in [-0.2, 0) is 9.59 Å². The molecular weight excluding hydrogens is 487 g/mol. The van der Waals surface area contributed by atoms with Gasteiger partial charge in [-0.25, -0.2) is 4.39 Å². The Labute approximate surface area is 224 Å².